The molecule has 3 fully saturated rings. The van der Waals surface area contributed by atoms with Gasteiger partial charge in [-0.15, -0.1) is 0 Å². The lowest BCUT2D eigenvalue weighted by molar-refractivity contribution is -0.189. The van der Waals surface area contributed by atoms with Crippen LogP contribution in [-0.2, 0) is 14.2 Å². The maximum Gasteiger partial charge on any atom is 0.289 e. The van der Waals surface area contributed by atoms with E-state index < -0.39 is 0 Å². The molecule has 1 aromatic heterocycles. The smallest absolute Gasteiger partial charge is 0.289 e. The third kappa shape index (κ3) is 3.36. The molecule has 6 heteroatoms. The Hall–Kier alpha value is -1.37. The van der Waals surface area contributed by atoms with E-state index in [1.54, 1.807) is 17.0 Å². The minimum Gasteiger partial charge on any atom is -0.459 e. The normalized spacial score (nSPS) is 27.2. The summed E-state index contributed by atoms with van der Waals surface area (Å²) in [6.45, 7) is 4.50. The molecule has 3 saturated heterocycles. The molecule has 0 saturated carbocycles. The van der Waals surface area contributed by atoms with Gasteiger partial charge in [0.1, 0.15) is 5.60 Å². The van der Waals surface area contributed by atoms with E-state index in [-0.39, 0.29) is 17.6 Å². The molecule has 1 spiro atoms. The maximum absolute atomic E-state index is 12.3. The molecule has 0 radical (unpaired) electrons. The number of rotatable bonds is 4. The average Bonchev–Trinajstić information content (AvgIpc) is 3.13. The molecule has 132 valence electrons. The predicted octanol–water partition coefficient (Wildman–Crippen LogP) is 2.10. The Kier molecular flexibility index (Phi) is 4.61. The van der Waals surface area contributed by atoms with Crippen molar-refractivity contribution in [1.29, 1.82) is 0 Å². The molecule has 3 aliphatic heterocycles. The largest absolute Gasteiger partial charge is 0.459 e. The van der Waals surface area contributed by atoms with Crippen LogP contribution in [-0.4, -0.2) is 62.0 Å². The number of hydrogen-bond donors (Lipinski definition) is 0. The van der Waals surface area contributed by atoms with Crippen LogP contribution >= 0.6 is 0 Å². The number of nitrogens with zero attached hydrogens (tertiary/aromatic N) is 1. The highest BCUT2D eigenvalue weighted by Gasteiger charge is 2.50. The molecular weight excluding hydrogens is 310 g/mol. The Morgan fingerprint density at radius 1 is 1.25 bits per heavy atom. The van der Waals surface area contributed by atoms with Gasteiger partial charge in [0, 0.05) is 32.8 Å². The number of likely N-dealkylation sites (tertiary alicyclic amines) is 1. The average molecular weight is 335 g/mol. The lowest BCUT2D eigenvalue weighted by Gasteiger charge is -2.52. The van der Waals surface area contributed by atoms with Crippen molar-refractivity contribution in [3.05, 3.63) is 24.2 Å². The first-order valence-corrected chi connectivity index (χ1v) is 8.90. The summed E-state index contributed by atoms with van der Waals surface area (Å²) < 4.78 is 22.7. The van der Waals surface area contributed by atoms with Crippen LogP contribution in [0.25, 0.3) is 0 Å². The quantitative estimate of drug-likeness (QED) is 0.843. The van der Waals surface area contributed by atoms with Gasteiger partial charge >= 0.3 is 0 Å². The van der Waals surface area contributed by atoms with Crippen LogP contribution in [0.2, 0.25) is 0 Å². The Morgan fingerprint density at radius 3 is 2.83 bits per heavy atom. The van der Waals surface area contributed by atoms with Crippen molar-refractivity contribution in [3.63, 3.8) is 0 Å². The van der Waals surface area contributed by atoms with Crippen molar-refractivity contribution in [3.8, 4) is 0 Å². The van der Waals surface area contributed by atoms with Crippen molar-refractivity contribution >= 4 is 5.91 Å². The molecule has 0 unspecified atom stereocenters. The minimum absolute atomic E-state index is 0.0560. The number of carbonyl (C=O) groups is 1. The fourth-order valence-corrected chi connectivity index (χ4v) is 3.88. The number of hydrogen-bond acceptors (Lipinski definition) is 5. The molecule has 6 nitrogen and oxygen atoms in total. The van der Waals surface area contributed by atoms with E-state index in [0.717, 1.165) is 45.5 Å². The van der Waals surface area contributed by atoms with Gasteiger partial charge < -0.3 is 23.5 Å². The highest BCUT2D eigenvalue weighted by Crippen LogP contribution is 2.36. The van der Waals surface area contributed by atoms with Gasteiger partial charge in [-0.05, 0) is 37.3 Å². The van der Waals surface area contributed by atoms with Crippen molar-refractivity contribution in [2.24, 2.45) is 5.92 Å². The highest BCUT2D eigenvalue weighted by atomic mass is 16.5. The summed E-state index contributed by atoms with van der Waals surface area (Å²) in [6.07, 6.45) is 5.77. The number of furan rings is 1. The molecule has 1 amide bonds. The molecule has 1 aromatic rings. The van der Waals surface area contributed by atoms with E-state index in [1.807, 2.05) is 0 Å². The second kappa shape index (κ2) is 6.86. The van der Waals surface area contributed by atoms with E-state index in [2.05, 4.69) is 0 Å². The summed E-state index contributed by atoms with van der Waals surface area (Å²) in [7, 11) is 0. The van der Waals surface area contributed by atoms with Crippen molar-refractivity contribution in [1.82, 2.24) is 4.90 Å². The zero-order valence-corrected chi connectivity index (χ0v) is 13.9. The van der Waals surface area contributed by atoms with E-state index >= 15 is 0 Å². The molecule has 4 rings (SSSR count). The van der Waals surface area contributed by atoms with Gasteiger partial charge in [-0.25, -0.2) is 0 Å². The summed E-state index contributed by atoms with van der Waals surface area (Å²) in [4.78, 5) is 14.1. The van der Waals surface area contributed by atoms with Crippen LogP contribution in [0.15, 0.2) is 22.8 Å². The third-order valence-corrected chi connectivity index (χ3v) is 5.33. The molecule has 0 bridgehead atoms. The van der Waals surface area contributed by atoms with Crippen molar-refractivity contribution < 1.29 is 23.4 Å². The summed E-state index contributed by atoms with van der Waals surface area (Å²) in [6, 6.07) is 3.44. The van der Waals surface area contributed by atoms with E-state index in [1.165, 1.54) is 6.26 Å². The van der Waals surface area contributed by atoms with Gasteiger partial charge in [0.2, 0.25) is 0 Å². The topological polar surface area (TPSA) is 61.1 Å². The molecule has 0 aliphatic carbocycles. The molecule has 0 N–H and O–H groups in total. The summed E-state index contributed by atoms with van der Waals surface area (Å²) >= 11 is 0. The van der Waals surface area contributed by atoms with Crippen LogP contribution in [0, 0.1) is 5.92 Å². The standard InChI is InChI=1S/C18H25NO5/c20-17(16-2-1-6-22-16)19-12-18(13-19)10-15(5-9-24-18)23-11-14-3-7-21-8-4-14/h1-2,6,14-15H,3-5,7-13H2/t15-/m0/s1. The second-order valence-electron chi connectivity index (χ2n) is 7.17. The zero-order valence-electron chi connectivity index (χ0n) is 13.9. The summed E-state index contributed by atoms with van der Waals surface area (Å²) in [5, 5.41) is 0. The lowest BCUT2D eigenvalue weighted by Crippen LogP contribution is -2.67. The van der Waals surface area contributed by atoms with Crippen molar-refractivity contribution in [2.45, 2.75) is 37.4 Å². The first-order valence-electron chi connectivity index (χ1n) is 8.90. The molecule has 24 heavy (non-hydrogen) atoms. The van der Waals surface area contributed by atoms with Gasteiger partial charge in [-0.3, -0.25) is 4.79 Å². The summed E-state index contributed by atoms with van der Waals surface area (Å²) in [5.74, 6) is 0.961. The number of carbonyl (C=O) groups excluding carboxylic acids is 1. The summed E-state index contributed by atoms with van der Waals surface area (Å²) in [5.41, 5.74) is -0.221. The zero-order chi connectivity index (χ0) is 16.4. The fraction of sp³-hybridized carbons (Fsp3) is 0.722. The SMILES string of the molecule is O=C(c1ccco1)N1CC2(C[C@@H](OCC3CCOCC3)CCO2)C1. The van der Waals surface area contributed by atoms with Crippen LogP contribution in [0.3, 0.4) is 0 Å². The first-order chi connectivity index (χ1) is 11.7. The Labute approximate surface area is 142 Å². The lowest BCUT2D eigenvalue weighted by atomic mass is 9.84. The Balaban J connectivity index is 1.26. The molecule has 1 atom stereocenters. The van der Waals surface area contributed by atoms with E-state index in [9.17, 15) is 4.79 Å². The molecule has 0 aromatic carbocycles. The monoisotopic (exact) mass is 335 g/mol. The van der Waals surface area contributed by atoms with Crippen molar-refractivity contribution in [2.75, 3.05) is 39.5 Å². The van der Waals surface area contributed by atoms with Crippen LogP contribution < -0.4 is 0 Å². The van der Waals surface area contributed by atoms with Gasteiger partial charge in [0.25, 0.3) is 5.91 Å². The molecule has 3 aliphatic rings. The molecular formula is C18H25NO5. The second-order valence-corrected chi connectivity index (χ2v) is 7.17. The molecule has 4 heterocycles. The van der Waals surface area contributed by atoms with E-state index in [4.69, 9.17) is 18.6 Å². The van der Waals surface area contributed by atoms with Crippen LogP contribution in [0.4, 0.5) is 0 Å². The fourth-order valence-electron chi connectivity index (χ4n) is 3.88. The minimum atomic E-state index is -0.221. The number of amides is 1. The van der Waals surface area contributed by atoms with Crippen LogP contribution in [0.5, 0.6) is 0 Å². The maximum atomic E-state index is 12.3. The third-order valence-electron chi connectivity index (χ3n) is 5.33. The Morgan fingerprint density at radius 2 is 2.08 bits per heavy atom. The highest BCUT2D eigenvalue weighted by molar-refractivity contribution is 5.92. The number of ether oxygens (including phenoxy) is 3. The van der Waals surface area contributed by atoms with Gasteiger partial charge in [-0.2, -0.15) is 0 Å². The van der Waals surface area contributed by atoms with E-state index in [0.29, 0.717) is 31.4 Å². The van der Waals surface area contributed by atoms with Gasteiger partial charge in [0.15, 0.2) is 5.76 Å². The Bertz CT molecular complexity index is 546. The van der Waals surface area contributed by atoms with Gasteiger partial charge in [-0.1, -0.05) is 0 Å². The first kappa shape index (κ1) is 16.1. The predicted molar refractivity (Wildman–Crippen MR) is 85.8 cm³/mol. The van der Waals surface area contributed by atoms with Crippen LogP contribution in [0.1, 0.15) is 36.2 Å². The van der Waals surface area contributed by atoms with Gasteiger partial charge in [0.05, 0.1) is 25.5 Å².